The first-order valence-electron chi connectivity index (χ1n) is 6.81. The van der Waals surface area contributed by atoms with Crippen LogP contribution in [0.15, 0.2) is 28.7 Å². The van der Waals surface area contributed by atoms with Crippen molar-refractivity contribution in [1.82, 2.24) is 15.1 Å². The van der Waals surface area contributed by atoms with Gasteiger partial charge in [-0.3, -0.25) is 9.48 Å². The van der Waals surface area contributed by atoms with Crippen LogP contribution in [-0.4, -0.2) is 15.7 Å². The monoisotopic (exact) mass is 350 g/mol. The van der Waals surface area contributed by atoms with Gasteiger partial charge in [0.05, 0.1) is 17.4 Å². The van der Waals surface area contributed by atoms with Crippen molar-refractivity contribution in [2.45, 2.75) is 26.3 Å². The lowest BCUT2D eigenvalue weighted by Crippen LogP contribution is -2.29. The molecule has 1 aromatic carbocycles. The molecule has 1 aromatic heterocycles. The number of aromatic nitrogens is 2. The number of rotatable bonds is 4. The van der Waals surface area contributed by atoms with E-state index in [1.807, 2.05) is 38.1 Å². The van der Waals surface area contributed by atoms with Crippen molar-refractivity contribution >= 4 is 27.5 Å². The zero-order valence-electron chi connectivity index (χ0n) is 12.4. The Labute approximate surface area is 132 Å². The number of halogens is 1. The highest BCUT2D eigenvalue weighted by Gasteiger charge is 2.20. The van der Waals surface area contributed by atoms with E-state index in [-0.39, 0.29) is 11.9 Å². The largest absolute Gasteiger partial charge is 0.395 e. The van der Waals surface area contributed by atoms with E-state index in [2.05, 4.69) is 26.3 Å². The molecule has 0 bridgehead atoms. The average Bonchev–Trinajstić information content (AvgIpc) is 2.73. The Morgan fingerprint density at radius 3 is 2.57 bits per heavy atom. The number of nitrogens with two attached hydrogens (primary N) is 1. The smallest absolute Gasteiger partial charge is 0.272 e. The van der Waals surface area contributed by atoms with E-state index in [1.165, 1.54) is 4.68 Å². The second-order valence-electron chi connectivity index (χ2n) is 4.93. The first kappa shape index (κ1) is 15.6. The third-order valence-corrected chi connectivity index (χ3v) is 3.96. The first-order chi connectivity index (χ1) is 9.93. The Balaban J connectivity index is 2.18. The van der Waals surface area contributed by atoms with Gasteiger partial charge in [-0.1, -0.05) is 35.0 Å². The Morgan fingerprint density at radius 2 is 2.05 bits per heavy atom. The minimum atomic E-state index is -0.211. The summed E-state index contributed by atoms with van der Waals surface area (Å²) in [6, 6.07) is 7.74. The van der Waals surface area contributed by atoms with Gasteiger partial charge in [-0.15, -0.1) is 0 Å². The van der Waals surface area contributed by atoms with Crippen LogP contribution in [0.4, 0.5) is 5.69 Å². The lowest BCUT2D eigenvalue weighted by Gasteiger charge is -2.14. The Morgan fingerprint density at radius 1 is 1.43 bits per heavy atom. The fourth-order valence-electron chi connectivity index (χ4n) is 2.23. The zero-order valence-corrected chi connectivity index (χ0v) is 13.9. The molecule has 0 saturated carbocycles. The SMILES string of the molecule is CCc1nn(C)c(C(=O)NC(C)c2ccc(Br)cc2)c1N. The van der Waals surface area contributed by atoms with Crippen LogP contribution in [-0.2, 0) is 13.5 Å². The summed E-state index contributed by atoms with van der Waals surface area (Å²) in [6.45, 7) is 3.90. The summed E-state index contributed by atoms with van der Waals surface area (Å²) in [4.78, 5) is 12.4. The van der Waals surface area contributed by atoms with Gasteiger partial charge in [0.2, 0.25) is 0 Å². The van der Waals surface area contributed by atoms with E-state index in [1.54, 1.807) is 7.05 Å². The number of amides is 1. The van der Waals surface area contributed by atoms with Crippen molar-refractivity contribution in [1.29, 1.82) is 0 Å². The number of benzene rings is 1. The maximum atomic E-state index is 12.4. The van der Waals surface area contributed by atoms with E-state index in [4.69, 9.17) is 5.73 Å². The third kappa shape index (κ3) is 3.26. The predicted molar refractivity (Wildman–Crippen MR) is 87.0 cm³/mol. The van der Waals surface area contributed by atoms with Crippen molar-refractivity contribution < 1.29 is 4.79 Å². The molecule has 0 radical (unpaired) electrons. The van der Waals surface area contributed by atoms with Gasteiger partial charge < -0.3 is 11.1 Å². The first-order valence-corrected chi connectivity index (χ1v) is 7.61. The van der Waals surface area contributed by atoms with Crippen molar-refractivity contribution in [3.8, 4) is 0 Å². The molecule has 3 N–H and O–H groups in total. The van der Waals surface area contributed by atoms with Gasteiger partial charge in [-0.25, -0.2) is 0 Å². The summed E-state index contributed by atoms with van der Waals surface area (Å²) in [5, 5.41) is 7.22. The molecule has 0 spiro atoms. The average molecular weight is 351 g/mol. The normalized spacial score (nSPS) is 12.2. The lowest BCUT2D eigenvalue weighted by atomic mass is 10.1. The number of hydrogen-bond donors (Lipinski definition) is 2. The van der Waals surface area contributed by atoms with Crippen molar-refractivity contribution in [2.75, 3.05) is 5.73 Å². The summed E-state index contributed by atoms with van der Waals surface area (Å²) in [6.07, 6.45) is 0.704. The summed E-state index contributed by atoms with van der Waals surface area (Å²) in [5.74, 6) is -0.211. The Hall–Kier alpha value is -1.82. The molecule has 0 aliphatic heterocycles. The van der Waals surface area contributed by atoms with Crippen LogP contribution in [0.25, 0.3) is 0 Å². The molecular weight excluding hydrogens is 332 g/mol. The molecule has 1 amide bonds. The van der Waals surface area contributed by atoms with E-state index >= 15 is 0 Å². The second kappa shape index (κ2) is 6.30. The maximum Gasteiger partial charge on any atom is 0.272 e. The Kier molecular flexibility index (Phi) is 4.67. The van der Waals surface area contributed by atoms with Gasteiger partial charge >= 0.3 is 0 Å². The van der Waals surface area contributed by atoms with Crippen LogP contribution in [0.5, 0.6) is 0 Å². The number of hydrogen-bond acceptors (Lipinski definition) is 3. The second-order valence-corrected chi connectivity index (χ2v) is 5.85. The van der Waals surface area contributed by atoms with Gasteiger partial charge in [0.15, 0.2) is 0 Å². The molecule has 0 aliphatic carbocycles. The molecule has 0 saturated heterocycles. The number of carbonyl (C=O) groups is 1. The number of nitrogen functional groups attached to an aromatic ring is 1. The minimum Gasteiger partial charge on any atom is -0.395 e. The van der Waals surface area contributed by atoms with Crippen molar-refractivity contribution in [3.05, 3.63) is 45.7 Å². The van der Waals surface area contributed by atoms with E-state index in [0.29, 0.717) is 17.8 Å². The molecule has 1 heterocycles. The molecule has 6 heteroatoms. The van der Waals surface area contributed by atoms with E-state index in [9.17, 15) is 4.79 Å². The molecule has 2 rings (SSSR count). The standard InChI is InChI=1S/C15H19BrN4O/c1-4-12-13(17)14(20(3)19-12)15(21)18-9(2)10-5-7-11(16)8-6-10/h5-9H,4,17H2,1-3H3,(H,18,21). The van der Waals surface area contributed by atoms with Crippen molar-refractivity contribution in [2.24, 2.45) is 7.05 Å². The number of aryl methyl sites for hydroxylation is 2. The lowest BCUT2D eigenvalue weighted by molar-refractivity contribution is 0.0931. The number of carbonyl (C=O) groups excluding carboxylic acids is 1. The van der Waals surface area contributed by atoms with Crippen LogP contribution in [0.2, 0.25) is 0 Å². The molecule has 5 nitrogen and oxygen atoms in total. The minimum absolute atomic E-state index is 0.107. The molecule has 0 aliphatic rings. The van der Waals surface area contributed by atoms with Gasteiger partial charge in [-0.05, 0) is 31.0 Å². The van der Waals surface area contributed by atoms with E-state index in [0.717, 1.165) is 15.7 Å². The summed E-state index contributed by atoms with van der Waals surface area (Å²) in [5.41, 5.74) is 8.65. The van der Waals surface area contributed by atoms with Gasteiger partial charge in [0.25, 0.3) is 5.91 Å². The highest BCUT2D eigenvalue weighted by Crippen LogP contribution is 2.20. The Bertz CT molecular complexity index is 648. The fraction of sp³-hybridized carbons (Fsp3) is 0.333. The van der Waals surface area contributed by atoms with Crippen LogP contribution < -0.4 is 11.1 Å². The molecular formula is C15H19BrN4O. The number of nitrogens with one attached hydrogen (secondary N) is 1. The number of nitrogens with zero attached hydrogens (tertiary/aromatic N) is 2. The third-order valence-electron chi connectivity index (χ3n) is 3.43. The number of anilines is 1. The van der Waals surface area contributed by atoms with Crippen molar-refractivity contribution in [3.63, 3.8) is 0 Å². The highest BCUT2D eigenvalue weighted by atomic mass is 79.9. The molecule has 0 fully saturated rings. The van der Waals surface area contributed by atoms with E-state index < -0.39 is 0 Å². The summed E-state index contributed by atoms with van der Waals surface area (Å²) in [7, 11) is 1.73. The van der Waals surface area contributed by atoms with Crippen LogP contribution >= 0.6 is 15.9 Å². The molecule has 1 unspecified atom stereocenters. The van der Waals surface area contributed by atoms with Crippen LogP contribution in [0.3, 0.4) is 0 Å². The summed E-state index contributed by atoms with van der Waals surface area (Å²) >= 11 is 3.40. The van der Waals surface area contributed by atoms with Crippen LogP contribution in [0.1, 0.15) is 41.6 Å². The zero-order chi connectivity index (χ0) is 15.6. The maximum absolute atomic E-state index is 12.4. The topological polar surface area (TPSA) is 72.9 Å². The van der Waals surface area contributed by atoms with Gasteiger partial charge in [0.1, 0.15) is 5.69 Å². The summed E-state index contributed by atoms with van der Waals surface area (Å²) < 4.78 is 2.55. The molecule has 112 valence electrons. The van der Waals surface area contributed by atoms with Gasteiger partial charge in [0, 0.05) is 11.5 Å². The molecule has 21 heavy (non-hydrogen) atoms. The fourth-order valence-corrected chi connectivity index (χ4v) is 2.49. The highest BCUT2D eigenvalue weighted by molar-refractivity contribution is 9.10. The van der Waals surface area contributed by atoms with Crippen LogP contribution in [0, 0.1) is 0 Å². The predicted octanol–water partition coefficient (Wildman–Crippen LogP) is 2.82. The van der Waals surface area contributed by atoms with Gasteiger partial charge in [-0.2, -0.15) is 5.10 Å². The molecule has 2 aromatic rings. The molecule has 1 atom stereocenters. The quantitative estimate of drug-likeness (QED) is 0.890.